The molecule has 124 valence electrons. The molecule has 0 unspecified atom stereocenters. The van der Waals surface area contributed by atoms with Gasteiger partial charge in [-0.25, -0.2) is 0 Å². The Labute approximate surface area is 142 Å². The lowest BCUT2D eigenvalue weighted by molar-refractivity contribution is 0.507. The summed E-state index contributed by atoms with van der Waals surface area (Å²) < 4.78 is 5.33. The maximum atomic E-state index is 5.33. The van der Waals surface area contributed by atoms with Crippen LogP contribution >= 0.6 is 0 Å². The van der Waals surface area contributed by atoms with Gasteiger partial charge in [-0.3, -0.25) is 4.99 Å². The third kappa shape index (κ3) is 4.16. The summed E-state index contributed by atoms with van der Waals surface area (Å²) in [4.78, 5) is 4.26. The molecule has 3 rings (SSSR count). The largest absolute Gasteiger partial charge is 0.469 e. The normalized spacial score (nSPS) is 11.6. The molecule has 0 bridgehead atoms. The number of guanidine groups is 1. The van der Waals surface area contributed by atoms with Gasteiger partial charge in [0.25, 0.3) is 0 Å². The number of nitrogens with zero attached hydrogens (tertiary/aromatic N) is 1. The van der Waals surface area contributed by atoms with Gasteiger partial charge in [0.2, 0.25) is 0 Å². The van der Waals surface area contributed by atoms with Crippen LogP contribution in [0.3, 0.4) is 0 Å². The Hall–Kier alpha value is -2.75. The van der Waals surface area contributed by atoms with Crippen LogP contribution in [0.1, 0.15) is 11.3 Å². The number of benzene rings is 2. The molecule has 0 aliphatic heterocycles. The van der Waals surface area contributed by atoms with E-state index in [1.54, 1.807) is 13.3 Å². The molecule has 0 amide bonds. The molecule has 3 aromatic rings. The molecule has 4 nitrogen and oxygen atoms in total. The fourth-order valence-corrected chi connectivity index (χ4v) is 2.81. The molecule has 2 aromatic carbocycles. The van der Waals surface area contributed by atoms with E-state index in [0.717, 1.165) is 37.7 Å². The van der Waals surface area contributed by atoms with Gasteiger partial charge in [-0.15, -0.1) is 0 Å². The SMILES string of the molecule is CN=C(NCCc1ccco1)NCCc1cccc2ccccc12. The minimum atomic E-state index is 0.793. The van der Waals surface area contributed by atoms with E-state index in [9.17, 15) is 0 Å². The van der Waals surface area contributed by atoms with Crippen LogP contribution in [0, 0.1) is 0 Å². The third-order valence-corrected chi connectivity index (χ3v) is 4.03. The monoisotopic (exact) mass is 321 g/mol. The Morgan fingerprint density at radius 2 is 1.71 bits per heavy atom. The van der Waals surface area contributed by atoms with Crippen molar-refractivity contribution in [2.24, 2.45) is 4.99 Å². The average Bonchev–Trinajstić information content (AvgIpc) is 3.14. The zero-order chi connectivity index (χ0) is 16.6. The standard InChI is InChI=1S/C20H23N3O/c1-21-20(23-14-12-18-9-5-15-24-18)22-13-11-17-8-4-7-16-6-2-3-10-19(16)17/h2-10,15H,11-14H2,1H3,(H2,21,22,23). The number of hydrogen-bond donors (Lipinski definition) is 2. The predicted octanol–water partition coefficient (Wildman–Crippen LogP) is 3.38. The summed E-state index contributed by atoms with van der Waals surface area (Å²) in [7, 11) is 1.79. The van der Waals surface area contributed by atoms with Gasteiger partial charge in [0.1, 0.15) is 5.76 Å². The van der Waals surface area contributed by atoms with Crippen LogP contribution in [0.2, 0.25) is 0 Å². The molecule has 2 N–H and O–H groups in total. The quantitative estimate of drug-likeness (QED) is 0.540. The molecule has 4 heteroatoms. The molecule has 24 heavy (non-hydrogen) atoms. The molecular weight excluding hydrogens is 298 g/mol. The van der Waals surface area contributed by atoms with Crippen molar-refractivity contribution in [3.63, 3.8) is 0 Å². The first-order valence-electron chi connectivity index (χ1n) is 8.30. The highest BCUT2D eigenvalue weighted by Crippen LogP contribution is 2.18. The summed E-state index contributed by atoms with van der Waals surface area (Å²) in [6.07, 6.45) is 3.50. The van der Waals surface area contributed by atoms with Crippen LogP contribution < -0.4 is 10.6 Å². The average molecular weight is 321 g/mol. The van der Waals surface area contributed by atoms with Gasteiger partial charge in [-0.05, 0) is 34.9 Å². The first-order chi connectivity index (χ1) is 11.9. The summed E-state index contributed by atoms with van der Waals surface area (Å²) >= 11 is 0. The summed E-state index contributed by atoms with van der Waals surface area (Å²) in [5, 5.41) is 9.29. The van der Waals surface area contributed by atoms with Crippen molar-refractivity contribution in [2.45, 2.75) is 12.8 Å². The fraction of sp³-hybridized carbons (Fsp3) is 0.250. The van der Waals surface area contributed by atoms with Crippen LogP contribution in [-0.4, -0.2) is 26.1 Å². The third-order valence-electron chi connectivity index (χ3n) is 4.03. The lowest BCUT2D eigenvalue weighted by Crippen LogP contribution is -2.39. The van der Waals surface area contributed by atoms with E-state index < -0.39 is 0 Å². The van der Waals surface area contributed by atoms with Crippen molar-refractivity contribution in [1.29, 1.82) is 0 Å². The second-order valence-electron chi connectivity index (χ2n) is 5.64. The Morgan fingerprint density at radius 3 is 2.50 bits per heavy atom. The highest BCUT2D eigenvalue weighted by atomic mass is 16.3. The van der Waals surface area contributed by atoms with E-state index in [0.29, 0.717) is 0 Å². The lowest BCUT2D eigenvalue weighted by atomic mass is 10.0. The Bertz CT molecular complexity index is 788. The van der Waals surface area contributed by atoms with Crippen LogP contribution in [-0.2, 0) is 12.8 Å². The number of aliphatic imine (C=N–C) groups is 1. The van der Waals surface area contributed by atoms with Crippen LogP contribution in [0.4, 0.5) is 0 Å². The molecule has 1 heterocycles. The fourth-order valence-electron chi connectivity index (χ4n) is 2.81. The van der Waals surface area contributed by atoms with Gasteiger partial charge < -0.3 is 15.1 Å². The van der Waals surface area contributed by atoms with Gasteiger partial charge in [-0.1, -0.05) is 42.5 Å². The first-order valence-corrected chi connectivity index (χ1v) is 8.30. The number of furan rings is 1. The minimum Gasteiger partial charge on any atom is -0.469 e. The van der Waals surface area contributed by atoms with E-state index in [1.165, 1.54) is 16.3 Å². The highest BCUT2D eigenvalue weighted by Gasteiger charge is 2.02. The molecular formula is C20H23N3O. The van der Waals surface area contributed by atoms with Crippen molar-refractivity contribution in [3.05, 3.63) is 72.2 Å². The number of hydrogen-bond acceptors (Lipinski definition) is 2. The molecule has 1 aromatic heterocycles. The van der Waals surface area contributed by atoms with Gasteiger partial charge >= 0.3 is 0 Å². The van der Waals surface area contributed by atoms with E-state index in [-0.39, 0.29) is 0 Å². The molecule has 0 fully saturated rings. The van der Waals surface area contributed by atoms with Crippen molar-refractivity contribution in [1.82, 2.24) is 10.6 Å². The minimum absolute atomic E-state index is 0.793. The summed E-state index contributed by atoms with van der Waals surface area (Å²) in [6.45, 7) is 1.63. The van der Waals surface area contributed by atoms with Gasteiger partial charge in [-0.2, -0.15) is 0 Å². The summed E-state index contributed by atoms with van der Waals surface area (Å²) in [6, 6.07) is 18.9. The van der Waals surface area contributed by atoms with Gasteiger partial charge in [0, 0.05) is 26.6 Å². The maximum absolute atomic E-state index is 5.33. The zero-order valence-electron chi connectivity index (χ0n) is 14.0. The summed E-state index contributed by atoms with van der Waals surface area (Å²) in [5.41, 5.74) is 1.35. The topological polar surface area (TPSA) is 49.6 Å². The van der Waals surface area contributed by atoms with Gasteiger partial charge in [0.15, 0.2) is 5.96 Å². The maximum Gasteiger partial charge on any atom is 0.191 e. The molecule has 0 radical (unpaired) electrons. The van der Waals surface area contributed by atoms with E-state index >= 15 is 0 Å². The van der Waals surface area contributed by atoms with Crippen LogP contribution in [0.25, 0.3) is 10.8 Å². The second kappa shape index (κ2) is 8.20. The van der Waals surface area contributed by atoms with Crippen LogP contribution in [0.15, 0.2) is 70.3 Å². The molecule has 0 aliphatic carbocycles. The molecule has 0 atom stereocenters. The number of rotatable bonds is 6. The Kier molecular flexibility index (Phi) is 5.51. The first kappa shape index (κ1) is 16.1. The van der Waals surface area contributed by atoms with E-state index in [4.69, 9.17) is 4.42 Å². The van der Waals surface area contributed by atoms with Crippen molar-refractivity contribution in [2.75, 3.05) is 20.1 Å². The smallest absolute Gasteiger partial charge is 0.191 e. The second-order valence-corrected chi connectivity index (χ2v) is 5.64. The van der Waals surface area contributed by atoms with E-state index in [1.807, 2.05) is 12.1 Å². The molecule has 0 saturated carbocycles. The van der Waals surface area contributed by atoms with Crippen molar-refractivity contribution >= 4 is 16.7 Å². The predicted molar refractivity (Wildman–Crippen MR) is 99.4 cm³/mol. The van der Waals surface area contributed by atoms with Crippen LogP contribution in [0.5, 0.6) is 0 Å². The van der Waals surface area contributed by atoms with Crippen molar-refractivity contribution < 1.29 is 4.42 Å². The Balaban J connectivity index is 1.49. The van der Waals surface area contributed by atoms with Gasteiger partial charge in [0.05, 0.1) is 6.26 Å². The zero-order valence-corrected chi connectivity index (χ0v) is 14.0. The van der Waals surface area contributed by atoms with Crippen molar-refractivity contribution in [3.8, 4) is 0 Å². The lowest BCUT2D eigenvalue weighted by Gasteiger charge is -2.12. The molecule has 0 spiro atoms. The molecule has 0 aliphatic rings. The molecule has 0 saturated heterocycles. The number of nitrogens with one attached hydrogen (secondary N) is 2. The summed E-state index contributed by atoms with van der Waals surface area (Å²) in [5.74, 6) is 1.80. The Morgan fingerprint density at radius 1 is 0.917 bits per heavy atom. The highest BCUT2D eigenvalue weighted by molar-refractivity contribution is 5.85. The number of fused-ring (bicyclic) bond motifs is 1. The van der Waals surface area contributed by atoms with E-state index in [2.05, 4.69) is 58.1 Å².